The largest absolute Gasteiger partial charge is 0.446 e. The quantitative estimate of drug-likeness (QED) is 0.513. The second-order valence-corrected chi connectivity index (χ2v) is 9.06. The average molecular weight is 477 g/mol. The van der Waals surface area contributed by atoms with Gasteiger partial charge in [0, 0.05) is 22.8 Å². The second-order valence-electron chi connectivity index (χ2n) is 7.33. The standard InChI is InChI=1S/C22H25BrN2O3S/c1-13(2)28-22(27)24-12-14(3)25(15(4)26)21-11-19(23)18(10-20(21)24)16-6-8-17(29-5)9-7-16/h6-11,13-14H,12H2,1-5H3. The van der Waals surface area contributed by atoms with Crippen molar-refractivity contribution in [3.63, 3.8) is 0 Å². The number of benzene rings is 2. The summed E-state index contributed by atoms with van der Waals surface area (Å²) in [5, 5.41) is 0. The van der Waals surface area contributed by atoms with E-state index in [9.17, 15) is 9.59 Å². The van der Waals surface area contributed by atoms with Gasteiger partial charge in [-0.3, -0.25) is 9.69 Å². The Morgan fingerprint density at radius 3 is 2.38 bits per heavy atom. The van der Waals surface area contributed by atoms with Gasteiger partial charge in [0.05, 0.1) is 23.5 Å². The van der Waals surface area contributed by atoms with E-state index in [2.05, 4.69) is 40.2 Å². The molecule has 2 aromatic carbocycles. The topological polar surface area (TPSA) is 49.9 Å². The van der Waals surface area contributed by atoms with Crippen molar-refractivity contribution in [2.24, 2.45) is 0 Å². The van der Waals surface area contributed by atoms with Crippen LogP contribution >= 0.6 is 27.7 Å². The summed E-state index contributed by atoms with van der Waals surface area (Å²) in [5.74, 6) is -0.0559. The number of anilines is 2. The van der Waals surface area contributed by atoms with Crippen LogP contribution in [-0.2, 0) is 9.53 Å². The number of nitrogens with zero attached hydrogens (tertiary/aromatic N) is 2. The van der Waals surface area contributed by atoms with Crippen LogP contribution in [0.5, 0.6) is 0 Å². The molecule has 0 saturated carbocycles. The SMILES string of the molecule is CSc1ccc(-c2cc3c(cc2Br)N(C(C)=O)C(C)CN3C(=O)OC(C)C)cc1. The Bertz CT molecular complexity index is 930. The fourth-order valence-corrected chi connectivity index (χ4v) is 4.52. The Hall–Kier alpha value is -1.99. The minimum absolute atomic E-state index is 0.0559. The van der Waals surface area contributed by atoms with Gasteiger partial charge in [-0.15, -0.1) is 11.8 Å². The highest BCUT2D eigenvalue weighted by atomic mass is 79.9. The van der Waals surface area contributed by atoms with E-state index in [1.54, 1.807) is 28.5 Å². The van der Waals surface area contributed by atoms with Crippen LogP contribution in [0.15, 0.2) is 45.8 Å². The van der Waals surface area contributed by atoms with Crippen LogP contribution in [-0.4, -0.2) is 36.9 Å². The van der Waals surface area contributed by atoms with Crippen LogP contribution in [0, 0.1) is 0 Å². The van der Waals surface area contributed by atoms with Crippen LogP contribution in [0.3, 0.4) is 0 Å². The summed E-state index contributed by atoms with van der Waals surface area (Å²) in [6.07, 6.45) is 1.42. The lowest BCUT2D eigenvalue weighted by atomic mass is 10.0. The lowest BCUT2D eigenvalue weighted by molar-refractivity contribution is -0.117. The molecule has 0 radical (unpaired) electrons. The van der Waals surface area contributed by atoms with E-state index in [0.29, 0.717) is 17.9 Å². The molecule has 0 saturated heterocycles. The highest BCUT2D eigenvalue weighted by Crippen LogP contribution is 2.43. The van der Waals surface area contributed by atoms with Gasteiger partial charge in [0.15, 0.2) is 0 Å². The summed E-state index contributed by atoms with van der Waals surface area (Å²) in [5.41, 5.74) is 3.36. The molecule has 29 heavy (non-hydrogen) atoms. The zero-order valence-electron chi connectivity index (χ0n) is 17.2. The molecule has 0 bridgehead atoms. The molecule has 1 unspecified atom stereocenters. The Balaban J connectivity index is 2.14. The molecular weight excluding hydrogens is 452 g/mol. The summed E-state index contributed by atoms with van der Waals surface area (Å²) < 4.78 is 6.33. The van der Waals surface area contributed by atoms with Crippen molar-refractivity contribution < 1.29 is 14.3 Å². The molecule has 1 heterocycles. The molecule has 5 nitrogen and oxygen atoms in total. The minimum atomic E-state index is -0.401. The van der Waals surface area contributed by atoms with E-state index in [4.69, 9.17) is 4.74 Å². The first-order chi connectivity index (χ1) is 13.7. The average Bonchev–Trinajstić information content (AvgIpc) is 2.66. The maximum absolute atomic E-state index is 12.8. The van der Waals surface area contributed by atoms with E-state index in [0.717, 1.165) is 15.6 Å². The van der Waals surface area contributed by atoms with Gasteiger partial charge in [0.25, 0.3) is 0 Å². The first-order valence-electron chi connectivity index (χ1n) is 9.48. The number of fused-ring (bicyclic) bond motifs is 1. The summed E-state index contributed by atoms with van der Waals surface area (Å²) in [4.78, 5) is 29.7. The summed E-state index contributed by atoms with van der Waals surface area (Å²) in [6, 6.07) is 12.0. The first kappa shape index (κ1) is 21.7. The molecule has 1 aliphatic heterocycles. The van der Waals surface area contributed by atoms with Gasteiger partial charge in [0.1, 0.15) is 0 Å². The van der Waals surface area contributed by atoms with Gasteiger partial charge in [0.2, 0.25) is 5.91 Å². The number of rotatable bonds is 3. The summed E-state index contributed by atoms with van der Waals surface area (Å²) in [6.45, 7) is 7.52. The minimum Gasteiger partial charge on any atom is -0.446 e. The van der Waals surface area contributed by atoms with Crippen molar-refractivity contribution in [3.05, 3.63) is 40.9 Å². The van der Waals surface area contributed by atoms with Crippen molar-refractivity contribution in [1.82, 2.24) is 0 Å². The van der Waals surface area contributed by atoms with Crippen LogP contribution < -0.4 is 9.80 Å². The van der Waals surface area contributed by atoms with E-state index in [-0.39, 0.29) is 18.1 Å². The first-order valence-corrected chi connectivity index (χ1v) is 11.5. The number of hydrogen-bond acceptors (Lipinski definition) is 4. The normalized spacial score (nSPS) is 16.0. The number of amides is 2. The van der Waals surface area contributed by atoms with Crippen molar-refractivity contribution in [2.75, 3.05) is 22.6 Å². The maximum atomic E-state index is 12.8. The number of carbonyl (C=O) groups excluding carboxylic acids is 2. The van der Waals surface area contributed by atoms with Crippen LogP contribution in [0.25, 0.3) is 11.1 Å². The van der Waals surface area contributed by atoms with Crippen molar-refractivity contribution in [3.8, 4) is 11.1 Å². The van der Waals surface area contributed by atoms with Crippen molar-refractivity contribution in [2.45, 2.75) is 44.7 Å². The summed E-state index contributed by atoms with van der Waals surface area (Å²) >= 11 is 5.35. The zero-order chi connectivity index (χ0) is 21.3. The van der Waals surface area contributed by atoms with E-state index >= 15 is 0 Å². The molecule has 1 aliphatic rings. The predicted molar refractivity (Wildman–Crippen MR) is 123 cm³/mol. The number of carbonyl (C=O) groups is 2. The molecule has 0 N–H and O–H groups in total. The number of ether oxygens (including phenoxy) is 1. The Kier molecular flexibility index (Phi) is 6.58. The fraction of sp³-hybridized carbons (Fsp3) is 0.364. The highest BCUT2D eigenvalue weighted by molar-refractivity contribution is 9.10. The summed E-state index contributed by atoms with van der Waals surface area (Å²) in [7, 11) is 0. The Morgan fingerprint density at radius 1 is 1.17 bits per heavy atom. The van der Waals surface area contributed by atoms with E-state index in [1.807, 2.05) is 39.2 Å². The van der Waals surface area contributed by atoms with E-state index in [1.165, 1.54) is 4.90 Å². The monoisotopic (exact) mass is 476 g/mol. The van der Waals surface area contributed by atoms with Gasteiger partial charge in [-0.1, -0.05) is 28.1 Å². The Labute approximate surface area is 184 Å². The third-order valence-corrected chi connectivity index (χ3v) is 6.20. The fourth-order valence-electron chi connectivity index (χ4n) is 3.55. The highest BCUT2D eigenvalue weighted by Gasteiger charge is 2.35. The molecule has 7 heteroatoms. The molecule has 1 atom stereocenters. The van der Waals surface area contributed by atoms with Gasteiger partial charge in [-0.2, -0.15) is 0 Å². The molecule has 3 rings (SSSR count). The zero-order valence-corrected chi connectivity index (χ0v) is 19.6. The smallest absolute Gasteiger partial charge is 0.414 e. The lowest BCUT2D eigenvalue weighted by Crippen LogP contribution is -2.51. The molecule has 154 valence electrons. The molecule has 0 fully saturated rings. The molecule has 0 aromatic heterocycles. The maximum Gasteiger partial charge on any atom is 0.414 e. The van der Waals surface area contributed by atoms with E-state index < -0.39 is 6.09 Å². The predicted octanol–water partition coefficient (Wildman–Crippen LogP) is 5.94. The molecule has 0 spiro atoms. The van der Waals surface area contributed by atoms with Crippen molar-refractivity contribution >= 4 is 51.1 Å². The third-order valence-electron chi connectivity index (χ3n) is 4.80. The third kappa shape index (κ3) is 4.46. The van der Waals surface area contributed by atoms with Gasteiger partial charge in [-0.25, -0.2) is 4.79 Å². The van der Waals surface area contributed by atoms with Crippen LogP contribution in [0.2, 0.25) is 0 Å². The molecule has 0 aliphatic carbocycles. The van der Waals surface area contributed by atoms with Gasteiger partial charge in [-0.05, 0) is 62.4 Å². The second kappa shape index (κ2) is 8.79. The van der Waals surface area contributed by atoms with Crippen LogP contribution in [0.1, 0.15) is 27.7 Å². The number of halogens is 1. The molecular formula is C22H25BrN2O3S. The van der Waals surface area contributed by atoms with Crippen LogP contribution in [0.4, 0.5) is 16.2 Å². The molecule has 2 aromatic rings. The number of thioether (sulfide) groups is 1. The van der Waals surface area contributed by atoms with Gasteiger partial charge >= 0.3 is 6.09 Å². The van der Waals surface area contributed by atoms with Gasteiger partial charge < -0.3 is 9.64 Å². The van der Waals surface area contributed by atoms with Crippen molar-refractivity contribution in [1.29, 1.82) is 0 Å². The Morgan fingerprint density at radius 2 is 1.83 bits per heavy atom. The molecule has 2 amide bonds. The lowest BCUT2D eigenvalue weighted by Gasteiger charge is -2.40. The number of hydrogen-bond donors (Lipinski definition) is 0.